The van der Waals surface area contributed by atoms with Gasteiger partial charge in [0.05, 0.1) is 22.3 Å². The number of nitrogens with zero attached hydrogens (tertiary/aromatic N) is 2. The quantitative estimate of drug-likeness (QED) is 0.296. The molecule has 0 atom stereocenters. The summed E-state index contributed by atoms with van der Waals surface area (Å²) in [7, 11) is -3.88. The number of benzene rings is 2. The summed E-state index contributed by atoms with van der Waals surface area (Å²) in [6, 6.07) is 15.7. The molecule has 38 heavy (non-hydrogen) atoms. The molecule has 1 amide bonds. The number of pyridine rings is 2. The SMILES string of the molecule is O=C(NS(=O)(=O)C1CC1)c1c(-c2ccc[nH]c2=O)c2cc(Cl)ccc2n1Cc1cnc2ccccc2c1Cl. The maximum Gasteiger partial charge on any atom is 0.282 e. The molecule has 1 saturated carbocycles. The number of carbonyl (C=O) groups is 1. The van der Waals surface area contributed by atoms with Gasteiger partial charge in [0.15, 0.2) is 0 Å². The number of para-hydroxylation sites is 1. The number of sulfonamides is 1. The molecule has 192 valence electrons. The van der Waals surface area contributed by atoms with Gasteiger partial charge in [0.1, 0.15) is 5.69 Å². The van der Waals surface area contributed by atoms with E-state index in [4.69, 9.17) is 23.2 Å². The minimum Gasteiger partial charge on any atom is -0.331 e. The first-order valence-electron chi connectivity index (χ1n) is 11.8. The molecule has 0 unspecified atom stereocenters. The fourth-order valence-electron chi connectivity index (χ4n) is 4.69. The number of hydrogen-bond donors (Lipinski definition) is 2. The largest absolute Gasteiger partial charge is 0.331 e. The highest BCUT2D eigenvalue weighted by Crippen LogP contribution is 2.37. The predicted octanol–water partition coefficient (Wildman–Crippen LogP) is 5.12. The second kappa shape index (κ2) is 9.27. The van der Waals surface area contributed by atoms with Crippen molar-refractivity contribution in [2.75, 3.05) is 0 Å². The molecule has 0 saturated heterocycles. The molecule has 1 aliphatic rings. The van der Waals surface area contributed by atoms with Crippen LogP contribution in [0.4, 0.5) is 0 Å². The zero-order chi connectivity index (χ0) is 26.6. The van der Waals surface area contributed by atoms with Crippen molar-refractivity contribution in [2.45, 2.75) is 24.6 Å². The van der Waals surface area contributed by atoms with Crippen LogP contribution in [0.25, 0.3) is 32.9 Å². The Morgan fingerprint density at radius 1 is 1.08 bits per heavy atom. The van der Waals surface area contributed by atoms with E-state index in [1.54, 1.807) is 41.1 Å². The number of amides is 1. The number of hydrogen-bond acceptors (Lipinski definition) is 5. The second-order valence-corrected chi connectivity index (χ2v) is 11.9. The lowest BCUT2D eigenvalue weighted by atomic mass is 10.0. The van der Waals surface area contributed by atoms with Gasteiger partial charge in [-0.05, 0) is 49.2 Å². The van der Waals surface area contributed by atoms with Crippen molar-refractivity contribution in [2.24, 2.45) is 0 Å². The summed E-state index contributed by atoms with van der Waals surface area (Å²) in [5.74, 6) is -0.840. The van der Waals surface area contributed by atoms with Crippen LogP contribution in [-0.2, 0) is 16.6 Å². The van der Waals surface area contributed by atoms with E-state index in [1.165, 1.54) is 6.20 Å². The number of carbonyl (C=O) groups excluding carboxylic acids is 1. The normalized spacial score (nSPS) is 13.7. The molecule has 3 aromatic heterocycles. The van der Waals surface area contributed by atoms with Crippen LogP contribution >= 0.6 is 23.2 Å². The first-order chi connectivity index (χ1) is 18.2. The fourth-order valence-corrected chi connectivity index (χ4v) is 6.41. The second-order valence-electron chi connectivity index (χ2n) is 9.17. The Balaban J connectivity index is 1.63. The van der Waals surface area contributed by atoms with Gasteiger partial charge in [-0.25, -0.2) is 13.1 Å². The fraction of sp³-hybridized carbons (Fsp3) is 0.148. The zero-order valence-corrected chi connectivity index (χ0v) is 22.1. The van der Waals surface area contributed by atoms with Gasteiger partial charge in [-0.3, -0.25) is 14.6 Å². The van der Waals surface area contributed by atoms with Crippen LogP contribution < -0.4 is 10.3 Å². The van der Waals surface area contributed by atoms with E-state index < -0.39 is 26.7 Å². The molecule has 2 aromatic carbocycles. The molecule has 1 aliphatic carbocycles. The van der Waals surface area contributed by atoms with Crippen LogP contribution in [0.2, 0.25) is 10.0 Å². The molecule has 0 spiro atoms. The van der Waals surface area contributed by atoms with Crippen LogP contribution in [0, 0.1) is 0 Å². The molecule has 8 nitrogen and oxygen atoms in total. The number of aromatic amines is 1. The molecular weight excluding hydrogens is 547 g/mol. The number of nitrogens with one attached hydrogen (secondary N) is 2. The summed E-state index contributed by atoms with van der Waals surface area (Å²) in [4.78, 5) is 33.8. The smallest absolute Gasteiger partial charge is 0.282 e. The van der Waals surface area contributed by atoms with Gasteiger partial charge in [-0.2, -0.15) is 0 Å². The Hall–Kier alpha value is -3.66. The van der Waals surface area contributed by atoms with Gasteiger partial charge in [-0.15, -0.1) is 0 Å². The monoisotopic (exact) mass is 566 g/mol. The lowest BCUT2D eigenvalue weighted by Gasteiger charge is -2.14. The van der Waals surface area contributed by atoms with Crippen molar-refractivity contribution >= 4 is 60.9 Å². The lowest BCUT2D eigenvalue weighted by molar-refractivity contribution is 0.0974. The number of fused-ring (bicyclic) bond motifs is 2. The molecule has 5 aromatic rings. The Labute approximate surface area is 227 Å². The third-order valence-corrected chi connectivity index (χ3v) is 9.14. The standard InChI is InChI=1S/C27H20Cl2N4O4S/c28-16-7-10-22-20(12-16)23(19-5-3-11-30-26(19)34)25(27(35)32-38(36,37)17-8-9-17)33(22)14-15-13-31-21-6-2-1-4-18(21)24(15)29/h1-7,10-13,17H,8-9,14H2,(H,30,34)(H,32,35). The van der Waals surface area contributed by atoms with Crippen molar-refractivity contribution in [3.05, 3.63) is 98.6 Å². The summed E-state index contributed by atoms with van der Waals surface area (Å²) in [5, 5.41) is 1.51. The molecule has 11 heteroatoms. The molecule has 6 rings (SSSR count). The van der Waals surface area contributed by atoms with Gasteiger partial charge >= 0.3 is 0 Å². The summed E-state index contributed by atoms with van der Waals surface area (Å²) >= 11 is 13.1. The highest BCUT2D eigenvalue weighted by Gasteiger charge is 2.38. The Kier molecular flexibility index (Phi) is 6.02. The summed E-state index contributed by atoms with van der Waals surface area (Å²) < 4.78 is 29.4. The summed E-state index contributed by atoms with van der Waals surface area (Å²) in [6.07, 6.45) is 4.09. The van der Waals surface area contributed by atoms with Gasteiger partial charge in [0, 0.05) is 50.4 Å². The van der Waals surface area contributed by atoms with Crippen LogP contribution in [0.15, 0.2) is 71.8 Å². The summed E-state index contributed by atoms with van der Waals surface area (Å²) in [6.45, 7) is 0.0891. The Bertz CT molecular complexity index is 1930. The van der Waals surface area contributed by atoms with Crippen molar-refractivity contribution in [3.8, 4) is 11.1 Å². The highest BCUT2D eigenvalue weighted by atomic mass is 35.5. The third-order valence-electron chi connectivity index (χ3n) is 6.64. The third kappa shape index (κ3) is 4.26. The van der Waals surface area contributed by atoms with Gasteiger partial charge in [-0.1, -0.05) is 41.4 Å². The van der Waals surface area contributed by atoms with Crippen LogP contribution in [0.3, 0.4) is 0 Å². The van der Waals surface area contributed by atoms with E-state index in [9.17, 15) is 18.0 Å². The van der Waals surface area contributed by atoms with Gasteiger partial charge < -0.3 is 9.55 Å². The van der Waals surface area contributed by atoms with E-state index in [0.717, 1.165) is 10.9 Å². The maximum absolute atomic E-state index is 13.8. The van der Waals surface area contributed by atoms with E-state index in [-0.39, 0.29) is 23.4 Å². The van der Waals surface area contributed by atoms with Crippen molar-refractivity contribution in [3.63, 3.8) is 0 Å². The lowest BCUT2D eigenvalue weighted by Crippen LogP contribution is -2.35. The molecule has 3 heterocycles. The number of halogens is 2. The number of aromatic nitrogens is 3. The van der Waals surface area contributed by atoms with Crippen molar-refractivity contribution in [1.82, 2.24) is 19.3 Å². The number of H-pyrrole nitrogens is 1. The molecule has 0 aliphatic heterocycles. The molecule has 2 N–H and O–H groups in total. The predicted molar refractivity (Wildman–Crippen MR) is 148 cm³/mol. The average molecular weight is 567 g/mol. The minimum atomic E-state index is -3.88. The average Bonchev–Trinajstić information content (AvgIpc) is 3.71. The van der Waals surface area contributed by atoms with E-state index in [0.29, 0.717) is 39.4 Å². The van der Waals surface area contributed by atoms with Gasteiger partial charge in [0.2, 0.25) is 10.0 Å². The van der Waals surface area contributed by atoms with Gasteiger partial charge in [0.25, 0.3) is 11.5 Å². The summed E-state index contributed by atoms with van der Waals surface area (Å²) in [5.41, 5.74) is 1.96. The highest BCUT2D eigenvalue weighted by molar-refractivity contribution is 7.91. The number of rotatable bonds is 6. The van der Waals surface area contributed by atoms with E-state index >= 15 is 0 Å². The van der Waals surface area contributed by atoms with Crippen LogP contribution in [0.1, 0.15) is 28.9 Å². The Morgan fingerprint density at radius 2 is 1.87 bits per heavy atom. The zero-order valence-electron chi connectivity index (χ0n) is 19.7. The Morgan fingerprint density at radius 3 is 2.63 bits per heavy atom. The van der Waals surface area contributed by atoms with Crippen molar-refractivity contribution < 1.29 is 13.2 Å². The maximum atomic E-state index is 13.8. The van der Waals surface area contributed by atoms with Crippen molar-refractivity contribution in [1.29, 1.82) is 0 Å². The van der Waals surface area contributed by atoms with E-state index in [2.05, 4.69) is 14.7 Å². The van der Waals surface area contributed by atoms with Crippen LogP contribution in [-0.4, -0.2) is 34.1 Å². The first kappa shape index (κ1) is 24.7. The molecule has 0 bridgehead atoms. The topological polar surface area (TPSA) is 114 Å². The molecule has 0 radical (unpaired) electrons. The van der Waals surface area contributed by atoms with Crippen LogP contribution in [0.5, 0.6) is 0 Å². The first-order valence-corrected chi connectivity index (χ1v) is 14.1. The molecular formula is C27H20Cl2N4O4S. The molecule has 1 fully saturated rings. The minimum absolute atomic E-state index is 0.00687. The van der Waals surface area contributed by atoms with E-state index in [1.807, 2.05) is 24.3 Å².